The number of para-hydroxylation sites is 1. The van der Waals surface area contributed by atoms with Gasteiger partial charge in [0.15, 0.2) is 5.78 Å². The smallest absolute Gasteiger partial charge is 0.228 e. The second kappa shape index (κ2) is 7.09. The van der Waals surface area contributed by atoms with Gasteiger partial charge in [-0.3, -0.25) is 9.59 Å². The SMILES string of the molecule is COc1ccc(C(C)=O)cc1CC(=O)Nc1ccccc1Cl. The molecule has 114 valence electrons. The van der Waals surface area contributed by atoms with Crippen LogP contribution >= 0.6 is 11.6 Å². The number of methoxy groups -OCH3 is 1. The van der Waals surface area contributed by atoms with E-state index in [1.165, 1.54) is 14.0 Å². The van der Waals surface area contributed by atoms with Gasteiger partial charge in [0.25, 0.3) is 0 Å². The number of rotatable bonds is 5. The summed E-state index contributed by atoms with van der Waals surface area (Å²) in [6, 6.07) is 12.0. The van der Waals surface area contributed by atoms with Crippen LogP contribution in [0, 0.1) is 0 Å². The fourth-order valence-electron chi connectivity index (χ4n) is 2.07. The molecule has 0 aliphatic rings. The number of Topliss-reactive ketones (excluding diaryl/α,β-unsaturated/α-hetero) is 1. The van der Waals surface area contributed by atoms with Crippen molar-refractivity contribution in [3.8, 4) is 5.75 Å². The first-order valence-corrected chi connectivity index (χ1v) is 7.11. The standard InChI is InChI=1S/C17H16ClNO3/c1-11(20)12-7-8-16(22-2)13(9-12)10-17(21)19-15-6-4-3-5-14(15)18/h3-9H,10H2,1-2H3,(H,19,21). The highest BCUT2D eigenvalue weighted by atomic mass is 35.5. The Bertz CT molecular complexity index is 713. The third-order valence-corrected chi connectivity index (χ3v) is 3.52. The summed E-state index contributed by atoms with van der Waals surface area (Å²) in [6.45, 7) is 1.48. The van der Waals surface area contributed by atoms with Crippen LogP contribution in [0.2, 0.25) is 5.02 Å². The Labute approximate surface area is 134 Å². The number of halogens is 1. The van der Waals surface area contributed by atoms with Gasteiger partial charge in [0.1, 0.15) is 5.75 Å². The van der Waals surface area contributed by atoms with Gasteiger partial charge in [-0.15, -0.1) is 0 Å². The van der Waals surface area contributed by atoms with E-state index < -0.39 is 0 Å². The molecule has 1 amide bonds. The predicted molar refractivity (Wildman–Crippen MR) is 86.8 cm³/mol. The molecule has 4 nitrogen and oxygen atoms in total. The van der Waals surface area contributed by atoms with E-state index in [2.05, 4.69) is 5.32 Å². The molecule has 0 aliphatic carbocycles. The first-order valence-electron chi connectivity index (χ1n) is 6.73. The van der Waals surface area contributed by atoms with Crippen molar-refractivity contribution in [1.82, 2.24) is 0 Å². The number of anilines is 1. The first-order chi connectivity index (χ1) is 10.5. The third-order valence-electron chi connectivity index (χ3n) is 3.19. The molecule has 0 aliphatic heterocycles. The molecule has 2 aromatic carbocycles. The number of amides is 1. The normalized spacial score (nSPS) is 10.1. The van der Waals surface area contributed by atoms with Gasteiger partial charge in [0, 0.05) is 11.1 Å². The lowest BCUT2D eigenvalue weighted by molar-refractivity contribution is -0.115. The van der Waals surface area contributed by atoms with Gasteiger partial charge in [0.05, 0.1) is 24.2 Å². The topological polar surface area (TPSA) is 55.4 Å². The largest absolute Gasteiger partial charge is 0.496 e. The molecule has 2 rings (SSSR count). The maximum absolute atomic E-state index is 12.2. The van der Waals surface area contributed by atoms with E-state index >= 15 is 0 Å². The minimum atomic E-state index is -0.230. The number of hydrogen-bond donors (Lipinski definition) is 1. The van der Waals surface area contributed by atoms with Crippen LogP contribution in [0.15, 0.2) is 42.5 Å². The lowest BCUT2D eigenvalue weighted by atomic mass is 10.0. The van der Waals surface area contributed by atoms with Crippen molar-refractivity contribution < 1.29 is 14.3 Å². The molecule has 0 bridgehead atoms. The second-order valence-electron chi connectivity index (χ2n) is 4.79. The Kier molecular flexibility index (Phi) is 5.17. The Morgan fingerprint density at radius 3 is 2.55 bits per heavy atom. The highest BCUT2D eigenvalue weighted by molar-refractivity contribution is 6.33. The summed E-state index contributed by atoms with van der Waals surface area (Å²) < 4.78 is 5.24. The van der Waals surface area contributed by atoms with E-state index in [-0.39, 0.29) is 18.1 Å². The summed E-state index contributed by atoms with van der Waals surface area (Å²) >= 11 is 6.01. The van der Waals surface area contributed by atoms with E-state index in [0.29, 0.717) is 27.6 Å². The van der Waals surface area contributed by atoms with Crippen LogP contribution in [0.4, 0.5) is 5.69 Å². The summed E-state index contributed by atoms with van der Waals surface area (Å²) in [6.07, 6.45) is 0.0928. The Morgan fingerprint density at radius 2 is 1.91 bits per heavy atom. The summed E-state index contributed by atoms with van der Waals surface area (Å²) in [4.78, 5) is 23.6. The lowest BCUT2D eigenvalue weighted by Crippen LogP contribution is -2.15. The number of carbonyl (C=O) groups is 2. The first kappa shape index (κ1) is 16.0. The van der Waals surface area contributed by atoms with Crippen molar-refractivity contribution in [2.75, 3.05) is 12.4 Å². The average molecular weight is 318 g/mol. The number of ketones is 1. The number of hydrogen-bond acceptors (Lipinski definition) is 3. The highest BCUT2D eigenvalue weighted by Gasteiger charge is 2.12. The van der Waals surface area contributed by atoms with Gasteiger partial charge in [-0.25, -0.2) is 0 Å². The van der Waals surface area contributed by atoms with Gasteiger partial charge in [-0.1, -0.05) is 23.7 Å². The minimum absolute atomic E-state index is 0.0598. The average Bonchev–Trinajstić information content (AvgIpc) is 2.49. The van der Waals surface area contributed by atoms with Crippen molar-refractivity contribution in [2.45, 2.75) is 13.3 Å². The summed E-state index contributed by atoms with van der Waals surface area (Å²) in [7, 11) is 1.53. The highest BCUT2D eigenvalue weighted by Crippen LogP contribution is 2.23. The molecule has 0 radical (unpaired) electrons. The van der Waals surface area contributed by atoms with Crippen molar-refractivity contribution in [1.29, 1.82) is 0 Å². The van der Waals surface area contributed by atoms with Crippen LogP contribution in [-0.2, 0) is 11.2 Å². The molecule has 0 fully saturated rings. The number of carbonyl (C=O) groups excluding carboxylic acids is 2. The Balaban J connectivity index is 2.19. The number of benzene rings is 2. The fraction of sp³-hybridized carbons (Fsp3) is 0.176. The molecular formula is C17H16ClNO3. The van der Waals surface area contributed by atoms with Crippen molar-refractivity contribution in [3.05, 3.63) is 58.6 Å². The van der Waals surface area contributed by atoms with Crippen molar-refractivity contribution in [2.24, 2.45) is 0 Å². The molecule has 0 atom stereocenters. The van der Waals surface area contributed by atoms with Crippen LogP contribution in [0.25, 0.3) is 0 Å². The van der Waals surface area contributed by atoms with Crippen LogP contribution in [0.3, 0.4) is 0 Å². The van der Waals surface area contributed by atoms with Gasteiger partial charge >= 0.3 is 0 Å². The van der Waals surface area contributed by atoms with Gasteiger partial charge in [0.2, 0.25) is 5.91 Å². The number of nitrogens with one attached hydrogen (secondary N) is 1. The van der Waals surface area contributed by atoms with Crippen LogP contribution < -0.4 is 10.1 Å². The molecular weight excluding hydrogens is 302 g/mol. The molecule has 2 aromatic rings. The van der Waals surface area contributed by atoms with E-state index in [9.17, 15) is 9.59 Å². The van der Waals surface area contributed by atoms with Crippen molar-refractivity contribution in [3.63, 3.8) is 0 Å². The molecule has 1 N–H and O–H groups in total. The number of ether oxygens (including phenoxy) is 1. The zero-order valence-electron chi connectivity index (χ0n) is 12.4. The zero-order valence-corrected chi connectivity index (χ0v) is 13.1. The molecule has 22 heavy (non-hydrogen) atoms. The van der Waals surface area contributed by atoms with Crippen LogP contribution in [0.1, 0.15) is 22.8 Å². The van der Waals surface area contributed by atoms with Gasteiger partial charge in [-0.05, 0) is 37.3 Å². The molecule has 5 heteroatoms. The van der Waals surface area contributed by atoms with Gasteiger partial charge in [-0.2, -0.15) is 0 Å². The fourth-order valence-corrected chi connectivity index (χ4v) is 2.25. The molecule has 0 unspecified atom stereocenters. The Morgan fingerprint density at radius 1 is 1.18 bits per heavy atom. The van der Waals surface area contributed by atoms with E-state index in [1.54, 1.807) is 42.5 Å². The van der Waals surface area contributed by atoms with Crippen LogP contribution in [0.5, 0.6) is 5.75 Å². The molecule has 0 aromatic heterocycles. The minimum Gasteiger partial charge on any atom is -0.496 e. The maximum atomic E-state index is 12.2. The summed E-state index contributed by atoms with van der Waals surface area (Å²) in [5, 5.41) is 3.22. The Hall–Kier alpha value is -2.33. The van der Waals surface area contributed by atoms with E-state index in [0.717, 1.165) is 0 Å². The molecule has 0 heterocycles. The molecule has 0 saturated heterocycles. The van der Waals surface area contributed by atoms with Gasteiger partial charge < -0.3 is 10.1 Å². The lowest BCUT2D eigenvalue weighted by Gasteiger charge is -2.11. The third kappa shape index (κ3) is 3.86. The maximum Gasteiger partial charge on any atom is 0.228 e. The zero-order chi connectivity index (χ0) is 16.1. The summed E-state index contributed by atoms with van der Waals surface area (Å²) in [5.41, 5.74) is 1.75. The second-order valence-corrected chi connectivity index (χ2v) is 5.19. The van der Waals surface area contributed by atoms with Crippen molar-refractivity contribution >= 4 is 29.0 Å². The predicted octanol–water partition coefficient (Wildman–Crippen LogP) is 3.73. The molecule has 0 spiro atoms. The van der Waals surface area contributed by atoms with E-state index in [4.69, 9.17) is 16.3 Å². The molecule has 0 saturated carbocycles. The monoisotopic (exact) mass is 317 g/mol. The quantitative estimate of drug-likeness (QED) is 0.855. The van der Waals surface area contributed by atoms with Crippen LogP contribution in [-0.4, -0.2) is 18.8 Å². The van der Waals surface area contributed by atoms with E-state index in [1.807, 2.05) is 0 Å². The summed E-state index contributed by atoms with van der Waals surface area (Å²) in [5.74, 6) is 0.279.